The van der Waals surface area contributed by atoms with Crippen LogP contribution in [0.25, 0.3) is 0 Å². The summed E-state index contributed by atoms with van der Waals surface area (Å²) in [6, 6.07) is 0.959. The summed E-state index contributed by atoms with van der Waals surface area (Å²) in [5.41, 5.74) is 2.65. The second-order valence-corrected chi connectivity index (χ2v) is 6.52. The van der Waals surface area contributed by atoms with Gasteiger partial charge in [0.1, 0.15) is 4.88 Å². The zero-order chi connectivity index (χ0) is 13.4. The average molecular weight is 279 g/mol. The molecule has 1 aromatic rings. The van der Waals surface area contributed by atoms with Crippen LogP contribution in [0.5, 0.6) is 0 Å². The monoisotopic (exact) mass is 279 g/mol. The van der Waals surface area contributed by atoms with Gasteiger partial charge < -0.3 is 9.80 Å². The molecule has 0 radical (unpaired) electrons. The van der Waals surface area contributed by atoms with E-state index >= 15 is 0 Å². The Bertz CT molecular complexity index is 473. The average Bonchev–Trinajstić information content (AvgIpc) is 3.07. The summed E-state index contributed by atoms with van der Waals surface area (Å²) < 4.78 is 0. The first-order chi connectivity index (χ1) is 9.18. The Hall–Kier alpha value is -0.940. The van der Waals surface area contributed by atoms with Gasteiger partial charge in [-0.3, -0.25) is 4.79 Å². The summed E-state index contributed by atoms with van der Waals surface area (Å²) in [6.45, 7) is 4.00. The number of aromatic nitrogens is 1. The van der Waals surface area contributed by atoms with Gasteiger partial charge in [-0.1, -0.05) is 0 Å². The zero-order valence-electron chi connectivity index (χ0n) is 11.6. The van der Waals surface area contributed by atoms with Crippen molar-refractivity contribution in [3.05, 3.63) is 16.1 Å². The van der Waals surface area contributed by atoms with Crippen molar-refractivity contribution >= 4 is 17.2 Å². The molecule has 2 saturated heterocycles. The molecule has 0 N–H and O–H groups in total. The molecule has 3 rings (SSSR count). The van der Waals surface area contributed by atoms with Crippen LogP contribution in [0.1, 0.15) is 41.0 Å². The summed E-state index contributed by atoms with van der Waals surface area (Å²) in [4.78, 5) is 22.2. The van der Waals surface area contributed by atoms with Gasteiger partial charge in [0.2, 0.25) is 0 Å². The number of hydrogen-bond acceptors (Lipinski definition) is 4. The predicted molar refractivity (Wildman–Crippen MR) is 76.6 cm³/mol. The number of hydrogen-bond donors (Lipinski definition) is 0. The summed E-state index contributed by atoms with van der Waals surface area (Å²) in [5, 5.41) is 0. The highest BCUT2D eigenvalue weighted by Gasteiger charge is 2.39. The second kappa shape index (κ2) is 5.21. The SMILES string of the molecule is Cc1ncsc1C(=O)N1CCC[C@H]1[C@H]1CCCN1C. The Morgan fingerprint density at radius 1 is 1.32 bits per heavy atom. The fraction of sp³-hybridized carbons (Fsp3) is 0.714. The van der Waals surface area contributed by atoms with E-state index in [2.05, 4.69) is 21.8 Å². The van der Waals surface area contributed by atoms with Crippen molar-refractivity contribution in [3.8, 4) is 0 Å². The molecule has 1 amide bonds. The van der Waals surface area contributed by atoms with Crippen molar-refractivity contribution in [1.29, 1.82) is 0 Å². The van der Waals surface area contributed by atoms with E-state index in [0.717, 1.165) is 30.0 Å². The molecule has 0 saturated carbocycles. The summed E-state index contributed by atoms with van der Waals surface area (Å²) in [6.07, 6.45) is 4.78. The van der Waals surface area contributed by atoms with Gasteiger partial charge in [0.25, 0.3) is 5.91 Å². The Morgan fingerprint density at radius 3 is 2.68 bits per heavy atom. The standard InChI is InChI=1S/C14H21N3OS/c1-10-13(19-9-15-10)14(18)17-8-4-6-12(17)11-5-3-7-16(11)2/h9,11-12H,3-8H2,1-2H3/t11-,12+/m1/s1. The molecule has 0 aromatic carbocycles. The maximum Gasteiger partial charge on any atom is 0.266 e. The van der Waals surface area contributed by atoms with E-state index in [1.165, 1.54) is 30.7 Å². The number of carbonyl (C=O) groups is 1. The smallest absolute Gasteiger partial charge is 0.266 e. The Morgan fingerprint density at radius 2 is 2.05 bits per heavy atom. The lowest BCUT2D eigenvalue weighted by atomic mass is 10.0. The molecule has 1 aromatic heterocycles. The van der Waals surface area contributed by atoms with Crippen LogP contribution in [0.4, 0.5) is 0 Å². The Kier molecular flexibility index (Phi) is 3.58. The number of rotatable bonds is 2. The van der Waals surface area contributed by atoms with Crippen LogP contribution in [-0.2, 0) is 0 Å². The molecule has 2 aliphatic heterocycles. The van der Waals surface area contributed by atoms with E-state index < -0.39 is 0 Å². The van der Waals surface area contributed by atoms with Gasteiger partial charge in [0.05, 0.1) is 11.2 Å². The minimum Gasteiger partial charge on any atom is -0.333 e. The zero-order valence-corrected chi connectivity index (χ0v) is 12.4. The lowest BCUT2D eigenvalue weighted by Crippen LogP contribution is -2.47. The Labute approximate surface area is 118 Å². The number of nitrogens with zero attached hydrogens (tertiary/aromatic N) is 3. The molecular weight excluding hydrogens is 258 g/mol. The van der Waals surface area contributed by atoms with E-state index in [0.29, 0.717) is 12.1 Å². The van der Waals surface area contributed by atoms with Gasteiger partial charge in [-0.2, -0.15) is 0 Å². The maximum absolute atomic E-state index is 12.7. The number of carbonyl (C=O) groups excluding carboxylic acids is 1. The lowest BCUT2D eigenvalue weighted by Gasteiger charge is -2.33. The van der Waals surface area contributed by atoms with E-state index in [1.54, 1.807) is 5.51 Å². The van der Waals surface area contributed by atoms with Gasteiger partial charge in [0.15, 0.2) is 0 Å². The van der Waals surface area contributed by atoms with Crippen LogP contribution in [-0.4, -0.2) is 52.9 Å². The van der Waals surface area contributed by atoms with Crippen molar-refractivity contribution in [1.82, 2.24) is 14.8 Å². The molecule has 0 unspecified atom stereocenters. The third-order valence-electron chi connectivity index (χ3n) is 4.52. The van der Waals surface area contributed by atoms with Crippen LogP contribution in [0.15, 0.2) is 5.51 Å². The van der Waals surface area contributed by atoms with Crippen LogP contribution in [0.3, 0.4) is 0 Å². The topological polar surface area (TPSA) is 36.4 Å². The van der Waals surface area contributed by atoms with E-state index in [-0.39, 0.29) is 5.91 Å². The predicted octanol–water partition coefficient (Wildman–Crippen LogP) is 2.15. The molecule has 19 heavy (non-hydrogen) atoms. The summed E-state index contributed by atoms with van der Waals surface area (Å²) in [7, 11) is 2.19. The van der Waals surface area contributed by atoms with E-state index in [9.17, 15) is 4.79 Å². The van der Waals surface area contributed by atoms with Crippen LogP contribution >= 0.6 is 11.3 Å². The molecular formula is C14H21N3OS. The fourth-order valence-corrected chi connectivity index (χ4v) is 4.26. The quantitative estimate of drug-likeness (QED) is 0.832. The maximum atomic E-state index is 12.7. The van der Waals surface area contributed by atoms with Crippen molar-refractivity contribution < 1.29 is 4.79 Å². The number of aryl methyl sites for hydroxylation is 1. The summed E-state index contributed by atoms with van der Waals surface area (Å²) >= 11 is 1.47. The van der Waals surface area contributed by atoms with Crippen molar-refractivity contribution in [2.75, 3.05) is 20.1 Å². The number of likely N-dealkylation sites (tertiary alicyclic amines) is 2. The lowest BCUT2D eigenvalue weighted by molar-refractivity contribution is 0.0668. The normalized spacial score (nSPS) is 28.2. The van der Waals surface area contributed by atoms with Crippen molar-refractivity contribution in [3.63, 3.8) is 0 Å². The minimum atomic E-state index is 0.197. The first-order valence-corrected chi connectivity index (χ1v) is 7.97. The molecule has 3 heterocycles. The third kappa shape index (κ3) is 2.30. The van der Waals surface area contributed by atoms with Gasteiger partial charge >= 0.3 is 0 Å². The molecule has 0 aliphatic carbocycles. The second-order valence-electron chi connectivity index (χ2n) is 5.67. The molecule has 4 nitrogen and oxygen atoms in total. The first-order valence-electron chi connectivity index (χ1n) is 7.10. The highest BCUT2D eigenvalue weighted by atomic mass is 32.1. The molecule has 0 spiro atoms. The Balaban J connectivity index is 1.80. The minimum absolute atomic E-state index is 0.197. The van der Waals surface area contributed by atoms with Crippen molar-refractivity contribution in [2.45, 2.75) is 44.7 Å². The van der Waals surface area contributed by atoms with Crippen LogP contribution < -0.4 is 0 Å². The van der Waals surface area contributed by atoms with Crippen LogP contribution in [0, 0.1) is 6.92 Å². The fourth-order valence-electron chi connectivity index (χ4n) is 3.50. The molecule has 5 heteroatoms. The molecule has 2 fully saturated rings. The van der Waals surface area contributed by atoms with Gasteiger partial charge in [-0.15, -0.1) is 11.3 Å². The third-order valence-corrected chi connectivity index (χ3v) is 5.44. The molecule has 2 atom stereocenters. The molecule has 0 bridgehead atoms. The van der Waals surface area contributed by atoms with Gasteiger partial charge in [0, 0.05) is 18.6 Å². The molecule has 2 aliphatic rings. The largest absolute Gasteiger partial charge is 0.333 e. The first kappa shape index (κ1) is 13.1. The van der Waals surface area contributed by atoms with Crippen molar-refractivity contribution in [2.24, 2.45) is 0 Å². The number of thiazole rings is 1. The van der Waals surface area contributed by atoms with Gasteiger partial charge in [-0.05, 0) is 46.2 Å². The number of likely N-dealkylation sites (N-methyl/N-ethyl adjacent to an activating group) is 1. The highest BCUT2D eigenvalue weighted by molar-refractivity contribution is 7.11. The summed E-state index contributed by atoms with van der Waals surface area (Å²) in [5.74, 6) is 0.197. The highest BCUT2D eigenvalue weighted by Crippen LogP contribution is 2.31. The number of amides is 1. The molecule has 104 valence electrons. The van der Waals surface area contributed by atoms with Crippen LogP contribution in [0.2, 0.25) is 0 Å². The van der Waals surface area contributed by atoms with E-state index in [4.69, 9.17) is 0 Å². The van der Waals surface area contributed by atoms with E-state index in [1.807, 2.05) is 6.92 Å². The van der Waals surface area contributed by atoms with Gasteiger partial charge in [-0.25, -0.2) is 4.98 Å².